The number of halogens is 1. The molecule has 0 saturated carbocycles. The van der Waals surface area contributed by atoms with E-state index in [1.807, 2.05) is 6.07 Å². The van der Waals surface area contributed by atoms with Crippen molar-refractivity contribution in [2.24, 2.45) is 0 Å². The van der Waals surface area contributed by atoms with E-state index in [1.54, 1.807) is 48.4 Å². The van der Waals surface area contributed by atoms with Crippen LogP contribution in [0.15, 0.2) is 56.4 Å². The van der Waals surface area contributed by atoms with Crippen LogP contribution in [0.25, 0.3) is 0 Å². The SMILES string of the molecule is O=S(=O)(c1ccc(Br)cc1)N1CCS[C@H]1c1ccco1. The van der Waals surface area contributed by atoms with Crippen molar-refractivity contribution in [1.82, 2.24) is 4.31 Å². The topological polar surface area (TPSA) is 50.5 Å². The zero-order valence-corrected chi connectivity index (χ0v) is 13.6. The second-order valence-electron chi connectivity index (χ2n) is 4.31. The van der Waals surface area contributed by atoms with Gasteiger partial charge in [-0.2, -0.15) is 4.31 Å². The molecular weight excluding hydrogens is 362 g/mol. The molecule has 3 rings (SSSR count). The summed E-state index contributed by atoms with van der Waals surface area (Å²) >= 11 is 4.89. The van der Waals surface area contributed by atoms with Gasteiger partial charge in [0.25, 0.3) is 0 Å². The van der Waals surface area contributed by atoms with Crippen molar-refractivity contribution in [3.8, 4) is 0 Å². The standard InChI is InChI=1S/C13H12BrNO3S2/c14-10-3-5-11(6-4-10)20(16,17)15-7-9-19-13(15)12-2-1-8-18-12/h1-6,8,13H,7,9H2/t13-/m0/s1. The van der Waals surface area contributed by atoms with Gasteiger partial charge in [-0.25, -0.2) is 8.42 Å². The summed E-state index contributed by atoms with van der Waals surface area (Å²) in [5, 5.41) is -0.279. The van der Waals surface area contributed by atoms with E-state index in [9.17, 15) is 8.42 Å². The van der Waals surface area contributed by atoms with Crippen LogP contribution in [0.3, 0.4) is 0 Å². The quantitative estimate of drug-likeness (QED) is 0.826. The van der Waals surface area contributed by atoms with Crippen LogP contribution in [0.2, 0.25) is 0 Å². The molecule has 7 heteroatoms. The first kappa shape index (κ1) is 14.2. The lowest BCUT2D eigenvalue weighted by Gasteiger charge is -2.21. The maximum atomic E-state index is 12.7. The number of benzene rings is 1. The molecule has 0 bridgehead atoms. The molecular formula is C13H12BrNO3S2. The third-order valence-electron chi connectivity index (χ3n) is 3.06. The van der Waals surface area contributed by atoms with Gasteiger partial charge in [0.2, 0.25) is 10.0 Å². The van der Waals surface area contributed by atoms with Gasteiger partial charge in [0.15, 0.2) is 0 Å². The lowest BCUT2D eigenvalue weighted by Crippen LogP contribution is -2.30. The minimum absolute atomic E-state index is 0.279. The second-order valence-corrected chi connectivity index (χ2v) is 8.30. The number of rotatable bonds is 3. The van der Waals surface area contributed by atoms with Crippen LogP contribution in [-0.4, -0.2) is 25.0 Å². The Morgan fingerprint density at radius 2 is 2.00 bits per heavy atom. The van der Waals surface area contributed by atoms with Gasteiger partial charge in [-0.05, 0) is 36.4 Å². The van der Waals surface area contributed by atoms with Crippen LogP contribution in [0.5, 0.6) is 0 Å². The molecule has 1 saturated heterocycles. The van der Waals surface area contributed by atoms with Gasteiger partial charge < -0.3 is 4.42 Å². The van der Waals surface area contributed by atoms with Crippen molar-refractivity contribution in [3.63, 3.8) is 0 Å². The molecule has 1 aliphatic heterocycles. The van der Waals surface area contributed by atoms with Crippen LogP contribution in [0.4, 0.5) is 0 Å². The Bertz CT molecular complexity index is 683. The van der Waals surface area contributed by atoms with Crippen LogP contribution < -0.4 is 0 Å². The van der Waals surface area contributed by atoms with Crippen LogP contribution in [0.1, 0.15) is 11.1 Å². The summed E-state index contributed by atoms with van der Waals surface area (Å²) in [6.07, 6.45) is 1.57. The average molecular weight is 374 g/mol. The summed E-state index contributed by atoms with van der Waals surface area (Å²) in [7, 11) is -3.50. The molecule has 0 spiro atoms. The lowest BCUT2D eigenvalue weighted by atomic mass is 10.4. The highest BCUT2D eigenvalue weighted by molar-refractivity contribution is 9.10. The molecule has 1 aliphatic rings. The van der Waals surface area contributed by atoms with Gasteiger partial charge in [0.1, 0.15) is 11.1 Å². The van der Waals surface area contributed by atoms with Crippen molar-refractivity contribution < 1.29 is 12.8 Å². The Morgan fingerprint density at radius 3 is 2.65 bits per heavy atom. The van der Waals surface area contributed by atoms with Gasteiger partial charge in [-0.15, -0.1) is 11.8 Å². The van der Waals surface area contributed by atoms with E-state index in [1.165, 1.54) is 4.31 Å². The summed E-state index contributed by atoms with van der Waals surface area (Å²) in [6, 6.07) is 10.3. The average Bonchev–Trinajstić information content (AvgIpc) is 3.10. The highest BCUT2D eigenvalue weighted by atomic mass is 79.9. The Labute approximate surface area is 130 Å². The summed E-state index contributed by atoms with van der Waals surface area (Å²) < 4.78 is 33.1. The van der Waals surface area contributed by atoms with E-state index in [-0.39, 0.29) is 5.37 Å². The van der Waals surface area contributed by atoms with Crippen molar-refractivity contribution >= 4 is 37.7 Å². The Balaban J connectivity index is 1.96. The van der Waals surface area contributed by atoms with Gasteiger partial charge in [0.05, 0.1) is 11.2 Å². The minimum atomic E-state index is -3.50. The molecule has 2 heterocycles. The van der Waals surface area contributed by atoms with Gasteiger partial charge >= 0.3 is 0 Å². The smallest absolute Gasteiger partial charge is 0.244 e. The number of hydrogen-bond donors (Lipinski definition) is 0. The Morgan fingerprint density at radius 1 is 1.25 bits per heavy atom. The molecule has 0 radical (unpaired) electrons. The highest BCUT2D eigenvalue weighted by Crippen LogP contribution is 2.41. The fourth-order valence-corrected chi connectivity index (χ4v) is 5.53. The molecule has 1 aromatic heterocycles. The second kappa shape index (κ2) is 5.55. The summed E-state index contributed by atoms with van der Waals surface area (Å²) in [6.45, 7) is 0.494. The maximum absolute atomic E-state index is 12.7. The van der Waals surface area contributed by atoms with Gasteiger partial charge in [-0.3, -0.25) is 0 Å². The first-order valence-electron chi connectivity index (χ1n) is 6.01. The summed E-state index contributed by atoms with van der Waals surface area (Å²) in [4.78, 5) is 0.305. The number of hydrogen-bond acceptors (Lipinski definition) is 4. The first-order chi connectivity index (χ1) is 9.59. The van der Waals surface area contributed by atoms with Crippen molar-refractivity contribution in [1.29, 1.82) is 0 Å². The Kier molecular flexibility index (Phi) is 3.94. The molecule has 1 fully saturated rings. The normalized spacial score (nSPS) is 20.4. The molecule has 0 amide bonds. The molecule has 0 N–H and O–H groups in total. The van der Waals surface area contributed by atoms with E-state index in [0.29, 0.717) is 17.2 Å². The number of sulfonamides is 1. The van der Waals surface area contributed by atoms with E-state index < -0.39 is 10.0 Å². The van der Waals surface area contributed by atoms with Crippen LogP contribution >= 0.6 is 27.7 Å². The summed E-state index contributed by atoms with van der Waals surface area (Å²) in [5.74, 6) is 1.44. The third-order valence-corrected chi connectivity index (χ3v) is 6.82. The van der Waals surface area contributed by atoms with Gasteiger partial charge in [0, 0.05) is 16.8 Å². The zero-order valence-electron chi connectivity index (χ0n) is 10.4. The largest absolute Gasteiger partial charge is 0.467 e. The molecule has 106 valence electrons. The number of thioether (sulfide) groups is 1. The number of furan rings is 1. The molecule has 2 aromatic rings. The number of nitrogens with zero attached hydrogens (tertiary/aromatic N) is 1. The van der Waals surface area contributed by atoms with Crippen molar-refractivity contribution in [2.75, 3.05) is 12.3 Å². The molecule has 1 atom stereocenters. The monoisotopic (exact) mass is 373 g/mol. The van der Waals surface area contributed by atoms with E-state index >= 15 is 0 Å². The molecule has 1 aromatic carbocycles. The zero-order chi connectivity index (χ0) is 14.2. The van der Waals surface area contributed by atoms with Crippen molar-refractivity contribution in [3.05, 3.63) is 52.9 Å². The van der Waals surface area contributed by atoms with Gasteiger partial charge in [-0.1, -0.05) is 15.9 Å². The van der Waals surface area contributed by atoms with E-state index in [4.69, 9.17) is 4.42 Å². The molecule has 0 unspecified atom stereocenters. The predicted molar refractivity (Wildman–Crippen MR) is 81.9 cm³/mol. The van der Waals surface area contributed by atoms with Crippen LogP contribution in [-0.2, 0) is 10.0 Å². The first-order valence-corrected chi connectivity index (χ1v) is 9.29. The van der Waals surface area contributed by atoms with E-state index in [0.717, 1.165) is 10.2 Å². The third kappa shape index (κ3) is 2.55. The molecule has 4 nitrogen and oxygen atoms in total. The van der Waals surface area contributed by atoms with E-state index in [2.05, 4.69) is 15.9 Å². The fourth-order valence-electron chi connectivity index (χ4n) is 2.10. The van der Waals surface area contributed by atoms with Crippen molar-refractivity contribution in [2.45, 2.75) is 10.3 Å². The predicted octanol–water partition coefficient (Wildman–Crippen LogP) is 3.48. The lowest BCUT2D eigenvalue weighted by molar-refractivity contribution is 0.383. The highest BCUT2D eigenvalue weighted by Gasteiger charge is 2.38. The molecule has 20 heavy (non-hydrogen) atoms. The fraction of sp³-hybridized carbons (Fsp3) is 0.231. The summed E-state index contributed by atoms with van der Waals surface area (Å²) in [5.41, 5.74) is 0. The maximum Gasteiger partial charge on any atom is 0.244 e. The Hall–Kier alpha value is -0.760. The molecule has 0 aliphatic carbocycles. The van der Waals surface area contributed by atoms with Crippen LogP contribution in [0, 0.1) is 0 Å². The minimum Gasteiger partial charge on any atom is -0.467 e.